The molecule has 2 aliphatic rings. The lowest BCUT2D eigenvalue weighted by Gasteiger charge is -2.32. The van der Waals surface area contributed by atoms with E-state index in [-0.39, 0.29) is 17.2 Å². The molecule has 11 heteroatoms. The molecule has 0 radical (unpaired) electrons. The molecule has 1 atom stereocenters. The fraction of sp³-hybridized carbons (Fsp3) is 0.381. The molecular weight excluding hydrogens is 462 g/mol. The number of esters is 1. The third-order valence-corrected chi connectivity index (χ3v) is 6.16. The fourth-order valence-electron chi connectivity index (χ4n) is 3.57. The van der Waals surface area contributed by atoms with Gasteiger partial charge in [-0.15, -0.1) is 0 Å². The van der Waals surface area contributed by atoms with Crippen LogP contribution in [-0.2, 0) is 14.3 Å². The number of morpholine rings is 1. The number of hydrogen-bond acceptors (Lipinski definition) is 8. The van der Waals surface area contributed by atoms with Crippen molar-refractivity contribution in [1.29, 1.82) is 0 Å². The summed E-state index contributed by atoms with van der Waals surface area (Å²) < 4.78 is 38.1. The first kappa shape index (κ1) is 22.8. The van der Waals surface area contributed by atoms with E-state index >= 15 is 0 Å². The van der Waals surface area contributed by atoms with Gasteiger partial charge in [-0.2, -0.15) is 4.39 Å². The van der Waals surface area contributed by atoms with Crippen LogP contribution in [0.15, 0.2) is 40.7 Å². The Labute approximate surface area is 192 Å². The Hall–Kier alpha value is -2.40. The molecule has 3 heterocycles. The lowest BCUT2D eigenvalue weighted by atomic mass is 9.95. The van der Waals surface area contributed by atoms with Crippen molar-refractivity contribution in [2.75, 3.05) is 39.5 Å². The Morgan fingerprint density at radius 1 is 1.38 bits per heavy atom. The monoisotopic (exact) mass is 482 g/mol. The number of amidine groups is 1. The van der Waals surface area contributed by atoms with Crippen LogP contribution >= 0.6 is 22.9 Å². The molecule has 2 aliphatic heterocycles. The number of aliphatic imine (C=N–C) groups is 1. The summed E-state index contributed by atoms with van der Waals surface area (Å²) in [6.07, 6.45) is 1.11. The van der Waals surface area contributed by atoms with Gasteiger partial charge < -0.3 is 14.8 Å². The number of hydrogen-bond donors (Lipinski definition) is 1. The number of nitrogens with zero attached hydrogens (tertiary/aromatic N) is 3. The number of carbonyl (C=O) groups excluding carboxylic acids is 1. The van der Waals surface area contributed by atoms with Crippen molar-refractivity contribution in [3.8, 4) is 0 Å². The number of ether oxygens (including phenoxy) is 2. The molecule has 1 fully saturated rings. The summed E-state index contributed by atoms with van der Waals surface area (Å²) in [5.41, 5.74) is 1.26. The first-order valence-corrected chi connectivity index (χ1v) is 11.3. The van der Waals surface area contributed by atoms with E-state index in [1.165, 1.54) is 18.2 Å². The van der Waals surface area contributed by atoms with Gasteiger partial charge in [0.25, 0.3) is 0 Å². The Kier molecular flexibility index (Phi) is 7.14. The van der Waals surface area contributed by atoms with E-state index in [1.807, 2.05) is 0 Å². The normalized spacial score (nSPS) is 19.5. The largest absolute Gasteiger partial charge is 0.463 e. The Bertz CT molecular complexity index is 1070. The number of rotatable bonds is 6. The van der Waals surface area contributed by atoms with Crippen LogP contribution in [0.1, 0.15) is 23.5 Å². The molecule has 7 nitrogen and oxygen atoms in total. The highest BCUT2D eigenvalue weighted by atomic mass is 35.5. The van der Waals surface area contributed by atoms with Crippen LogP contribution in [-0.4, -0.2) is 61.1 Å². The fourth-order valence-corrected chi connectivity index (χ4v) is 4.44. The van der Waals surface area contributed by atoms with Gasteiger partial charge in [0.2, 0.25) is 0 Å². The van der Waals surface area contributed by atoms with Crippen molar-refractivity contribution in [2.45, 2.75) is 13.0 Å². The van der Waals surface area contributed by atoms with E-state index in [4.69, 9.17) is 21.1 Å². The molecule has 1 aromatic heterocycles. The lowest BCUT2D eigenvalue weighted by molar-refractivity contribution is -0.139. The van der Waals surface area contributed by atoms with E-state index in [0.29, 0.717) is 55.0 Å². The predicted octanol–water partition coefficient (Wildman–Crippen LogP) is 3.32. The summed E-state index contributed by atoms with van der Waals surface area (Å²) in [6, 6.07) is 3.04. The number of halogens is 3. The average molecular weight is 483 g/mol. The van der Waals surface area contributed by atoms with E-state index in [9.17, 15) is 13.6 Å². The minimum atomic E-state index is -0.874. The van der Waals surface area contributed by atoms with Crippen LogP contribution in [0.5, 0.6) is 0 Å². The van der Waals surface area contributed by atoms with Crippen LogP contribution in [0.2, 0.25) is 5.02 Å². The van der Waals surface area contributed by atoms with Gasteiger partial charge in [0.1, 0.15) is 11.9 Å². The first-order chi connectivity index (χ1) is 15.5. The molecule has 1 saturated heterocycles. The summed E-state index contributed by atoms with van der Waals surface area (Å²) in [4.78, 5) is 23.9. The molecule has 4 rings (SSSR count). The van der Waals surface area contributed by atoms with Gasteiger partial charge in [-0.05, 0) is 19.1 Å². The number of aromatic nitrogens is 1. The van der Waals surface area contributed by atoms with E-state index in [0.717, 1.165) is 17.5 Å². The molecule has 1 N–H and O–H groups in total. The second-order valence-corrected chi connectivity index (χ2v) is 8.53. The molecule has 0 spiro atoms. The minimum Gasteiger partial charge on any atom is -0.463 e. The number of benzene rings is 1. The molecule has 1 unspecified atom stereocenters. The van der Waals surface area contributed by atoms with Gasteiger partial charge in [0.05, 0.1) is 31.6 Å². The highest BCUT2D eigenvalue weighted by Crippen LogP contribution is 2.37. The summed E-state index contributed by atoms with van der Waals surface area (Å²) in [6.45, 7) is 4.79. The van der Waals surface area contributed by atoms with Gasteiger partial charge in [-0.3, -0.25) is 9.89 Å². The minimum absolute atomic E-state index is 0.123. The molecule has 32 heavy (non-hydrogen) atoms. The standard InChI is InChI=1S/C21H21ClF2N4O3S/c1-2-31-21(29)17-15(11-28-5-7-30-8-6-28)26-19(20-25-10-16(24)32-20)27-18(17)13-4-3-12(23)9-14(13)22/h3-4,9-10,18H,2,5-8,11H2,1H3,(H,26,27). The van der Waals surface area contributed by atoms with Gasteiger partial charge in [-0.25, -0.2) is 14.2 Å². The highest BCUT2D eigenvalue weighted by Gasteiger charge is 2.35. The lowest BCUT2D eigenvalue weighted by Crippen LogP contribution is -2.43. The highest BCUT2D eigenvalue weighted by molar-refractivity contribution is 7.12. The molecule has 0 bridgehead atoms. The smallest absolute Gasteiger partial charge is 0.338 e. The average Bonchev–Trinajstić information content (AvgIpc) is 3.20. The second kappa shape index (κ2) is 10.0. The maximum Gasteiger partial charge on any atom is 0.338 e. The SMILES string of the molecule is CCOC(=O)C1=C(CN2CCOCC2)NC(c2ncc(F)s2)=NC1c1ccc(F)cc1Cl. The first-order valence-electron chi connectivity index (χ1n) is 10.1. The maximum absolute atomic E-state index is 13.7. The van der Waals surface area contributed by atoms with E-state index in [1.54, 1.807) is 6.92 Å². The molecule has 0 saturated carbocycles. The summed E-state index contributed by atoms with van der Waals surface area (Å²) in [5, 5.41) is 3.15. The van der Waals surface area contributed by atoms with Crippen molar-refractivity contribution in [2.24, 2.45) is 4.99 Å². The molecule has 0 aliphatic carbocycles. The zero-order valence-electron chi connectivity index (χ0n) is 17.2. The quantitative estimate of drug-likeness (QED) is 0.637. The molecule has 1 aromatic carbocycles. The third-order valence-electron chi connectivity index (χ3n) is 5.04. The van der Waals surface area contributed by atoms with Gasteiger partial charge in [-0.1, -0.05) is 29.0 Å². The van der Waals surface area contributed by atoms with E-state index in [2.05, 4.69) is 20.2 Å². The number of nitrogens with one attached hydrogen (secondary N) is 1. The zero-order chi connectivity index (χ0) is 22.7. The van der Waals surface area contributed by atoms with Crippen molar-refractivity contribution in [3.63, 3.8) is 0 Å². The molecular formula is C21H21ClF2N4O3S. The molecule has 170 valence electrons. The topological polar surface area (TPSA) is 76.0 Å². The Balaban J connectivity index is 1.82. The van der Waals surface area contributed by atoms with Crippen molar-refractivity contribution in [3.05, 3.63) is 62.2 Å². The molecule has 0 amide bonds. The van der Waals surface area contributed by atoms with Crippen LogP contribution in [0, 0.1) is 10.9 Å². The van der Waals surface area contributed by atoms with Crippen LogP contribution in [0.4, 0.5) is 8.78 Å². The van der Waals surface area contributed by atoms with Gasteiger partial charge in [0.15, 0.2) is 16.0 Å². The maximum atomic E-state index is 13.7. The van der Waals surface area contributed by atoms with E-state index < -0.39 is 23.0 Å². The zero-order valence-corrected chi connectivity index (χ0v) is 18.8. The van der Waals surface area contributed by atoms with Crippen molar-refractivity contribution < 1.29 is 23.0 Å². The summed E-state index contributed by atoms with van der Waals surface area (Å²) in [7, 11) is 0. The number of carbonyl (C=O) groups is 1. The number of thiazole rings is 1. The Morgan fingerprint density at radius 3 is 2.81 bits per heavy atom. The van der Waals surface area contributed by atoms with Crippen molar-refractivity contribution in [1.82, 2.24) is 15.2 Å². The van der Waals surface area contributed by atoms with Crippen LogP contribution in [0.25, 0.3) is 0 Å². The van der Waals surface area contributed by atoms with Crippen molar-refractivity contribution >= 4 is 34.7 Å². The summed E-state index contributed by atoms with van der Waals surface area (Å²) in [5.74, 6) is -0.753. The predicted molar refractivity (Wildman–Crippen MR) is 117 cm³/mol. The Morgan fingerprint density at radius 2 is 2.16 bits per heavy atom. The van der Waals surface area contributed by atoms with Crippen LogP contribution < -0.4 is 5.32 Å². The second-order valence-electron chi connectivity index (χ2n) is 7.14. The third kappa shape index (κ3) is 4.98. The van der Waals surface area contributed by atoms with Gasteiger partial charge >= 0.3 is 5.97 Å². The van der Waals surface area contributed by atoms with Gasteiger partial charge in [0, 0.05) is 35.9 Å². The summed E-state index contributed by atoms with van der Waals surface area (Å²) >= 11 is 7.17. The van der Waals surface area contributed by atoms with Crippen LogP contribution in [0.3, 0.4) is 0 Å². The molecule has 2 aromatic rings.